The summed E-state index contributed by atoms with van der Waals surface area (Å²) < 4.78 is 29.6. The predicted molar refractivity (Wildman–Crippen MR) is 104 cm³/mol. The van der Waals surface area contributed by atoms with Gasteiger partial charge in [-0.2, -0.15) is 0 Å². The second kappa shape index (κ2) is 9.28. The topological polar surface area (TPSA) is 87.9 Å². The Morgan fingerprint density at radius 3 is 1.64 bits per heavy atom. The Labute approximate surface area is 162 Å². The van der Waals surface area contributed by atoms with Gasteiger partial charge < -0.3 is 4.52 Å². The first-order valence-electron chi connectivity index (χ1n) is 8.45. The van der Waals surface area contributed by atoms with E-state index in [0.29, 0.717) is 0 Å². The summed E-state index contributed by atoms with van der Waals surface area (Å²) in [5, 5.41) is 10.8. The molecular formula is C20H18NO6P. The number of nitro benzene ring substituents is 1. The summed E-state index contributed by atoms with van der Waals surface area (Å²) in [6, 6.07) is 23.6. The van der Waals surface area contributed by atoms with E-state index in [9.17, 15) is 14.7 Å². The summed E-state index contributed by atoms with van der Waals surface area (Å²) in [7, 11) is -3.98. The molecule has 0 radical (unpaired) electrons. The lowest BCUT2D eigenvalue weighted by Gasteiger charge is -2.18. The number of rotatable bonds is 9. The van der Waals surface area contributed by atoms with E-state index >= 15 is 0 Å². The van der Waals surface area contributed by atoms with Crippen LogP contribution in [0.25, 0.3) is 0 Å². The van der Waals surface area contributed by atoms with Gasteiger partial charge in [-0.05, 0) is 23.3 Å². The van der Waals surface area contributed by atoms with E-state index in [1.807, 2.05) is 60.7 Å². The number of hydrogen-bond donors (Lipinski definition) is 0. The summed E-state index contributed by atoms with van der Waals surface area (Å²) in [5.74, 6) is 0.148. The van der Waals surface area contributed by atoms with Crippen LogP contribution in [0, 0.1) is 10.1 Å². The average Bonchev–Trinajstić information content (AvgIpc) is 2.73. The summed E-state index contributed by atoms with van der Waals surface area (Å²) in [6.45, 7) is 0.0553. The van der Waals surface area contributed by atoms with Crippen molar-refractivity contribution in [3.05, 3.63) is 106 Å². The number of hydrogen-bond acceptors (Lipinski definition) is 6. The molecule has 0 fully saturated rings. The highest BCUT2D eigenvalue weighted by atomic mass is 31.2. The largest absolute Gasteiger partial charge is 0.530 e. The highest BCUT2D eigenvalue weighted by Gasteiger charge is 2.29. The van der Waals surface area contributed by atoms with Crippen LogP contribution in [0.2, 0.25) is 0 Å². The Morgan fingerprint density at radius 1 is 0.750 bits per heavy atom. The Bertz CT molecular complexity index is 900. The average molecular weight is 399 g/mol. The Kier molecular flexibility index (Phi) is 6.55. The third-order valence-corrected chi connectivity index (χ3v) is 5.05. The van der Waals surface area contributed by atoms with Crippen molar-refractivity contribution in [3.63, 3.8) is 0 Å². The molecule has 0 aromatic heterocycles. The monoisotopic (exact) mass is 399 g/mol. The summed E-state index contributed by atoms with van der Waals surface area (Å²) in [4.78, 5) is 10.3. The molecule has 0 aliphatic carbocycles. The molecule has 0 amide bonds. The first-order chi connectivity index (χ1) is 13.5. The quantitative estimate of drug-likeness (QED) is 0.268. The lowest BCUT2D eigenvalue weighted by molar-refractivity contribution is -0.384. The van der Waals surface area contributed by atoms with Crippen molar-refractivity contribution in [2.24, 2.45) is 0 Å². The van der Waals surface area contributed by atoms with Crippen molar-refractivity contribution in [2.45, 2.75) is 13.2 Å². The van der Waals surface area contributed by atoms with Gasteiger partial charge in [0.25, 0.3) is 5.69 Å². The van der Waals surface area contributed by atoms with E-state index in [-0.39, 0.29) is 24.7 Å². The number of phosphoric acid groups is 1. The van der Waals surface area contributed by atoms with Gasteiger partial charge in [0, 0.05) is 12.1 Å². The maximum atomic E-state index is 13.1. The van der Waals surface area contributed by atoms with Crippen LogP contribution in [0.1, 0.15) is 11.1 Å². The second-order valence-electron chi connectivity index (χ2n) is 5.81. The Hall–Kier alpha value is -2.99. The molecule has 0 aliphatic rings. The molecule has 0 aliphatic heterocycles. The summed E-state index contributed by atoms with van der Waals surface area (Å²) in [5.41, 5.74) is 1.51. The number of benzene rings is 3. The zero-order valence-electron chi connectivity index (χ0n) is 14.8. The molecule has 144 valence electrons. The normalized spacial score (nSPS) is 11.1. The van der Waals surface area contributed by atoms with Crippen LogP contribution in [-0.2, 0) is 26.8 Å². The number of phosphoric ester groups is 1. The van der Waals surface area contributed by atoms with Gasteiger partial charge in [-0.15, -0.1) is 0 Å². The lowest BCUT2D eigenvalue weighted by atomic mass is 10.2. The zero-order valence-corrected chi connectivity index (χ0v) is 15.7. The minimum atomic E-state index is -3.98. The van der Waals surface area contributed by atoms with E-state index in [1.54, 1.807) is 0 Å². The third-order valence-electron chi connectivity index (χ3n) is 3.73. The molecule has 0 N–H and O–H groups in total. The first-order valence-corrected chi connectivity index (χ1v) is 9.91. The van der Waals surface area contributed by atoms with Crippen molar-refractivity contribution in [1.82, 2.24) is 0 Å². The smallest absolute Gasteiger partial charge is 0.404 e. The van der Waals surface area contributed by atoms with Crippen LogP contribution < -0.4 is 4.52 Å². The highest BCUT2D eigenvalue weighted by Crippen LogP contribution is 2.51. The lowest BCUT2D eigenvalue weighted by Crippen LogP contribution is -2.03. The predicted octanol–water partition coefficient (Wildman–Crippen LogP) is 5.52. The molecule has 0 saturated carbocycles. The van der Waals surface area contributed by atoms with Gasteiger partial charge in [-0.1, -0.05) is 60.7 Å². The maximum absolute atomic E-state index is 13.1. The SMILES string of the molecule is O=[N+]([O-])c1ccc(OP(=O)(OCc2ccccc2)OCc2ccccc2)cc1. The summed E-state index contributed by atoms with van der Waals surface area (Å²) >= 11 is 0. The molecule has 3 rings (SSSR count). The molecular weight excluding hydrogens is 381 g/mol. The molecule has 0 saturated heterocycles. The molecule has 0 atom stereocenters. The van der Waals surface area contributed by atoms with Gasteiger partial charge in [0.05, 0.1) is 18.1 Å². The molecule has 0 spiro atoms. The third kappa shape index (κ3) is 5.76. The van der Waals surface area contributed by atoms with Crippen molar-refractivity contribution in [3.8, 4) is 5.75 Å². The molecule has 0 unspecified atom stereocenters. The maximum Gasteiger partial charge on any atom is 0.530 e. The molecule has 3 aromatic carbocycles. The first kappa shape index (κ1) is 19.8. The van der Waals surface area contributed by atoms with E-state index < -0.39 is 12.7 Å². The van der Waals surface area contributed by atoms with Gasteiger partial charge in [-0.3, -0.25) is 19.2 Å². The number of nitro groups is 1. The minimum absolute atomic E-state index is 0.0277. The molecule has 0 bridgehead atoms. The number of nitrogens with zero attached hydrogens (tertiary/aromatic N) is 1. The van der Waals surface area contributed by atoms with Gasteiger partial charge in [-0.25, -0.2) is 4.57 Å². The van der Waals surface area contributed by atoms with Crippen LogP contribution in [0.15, 0.2) is 84.9 Å². The molecule has 8 heteroatoms. The zero-order chi connectivity index (χ0) is 19.8. The van der Waals surface area contributed by atoms with E-state index in [2.05, 4.69) is 0 Å². The van der Waals surface area contributed by atoms with Crippen LogP contribution >= 0.6 is 7.82 Å². The highest BCUT2D eigenvalue weighted by molar-refractivity contribution is 7.48. The summed E-state index contributed by atoms with van der Waals surface area (Å²) in [6.07, 6.45) is 0. The van der Waals surface area contributed by atoms with Crippen LogP contribution in [0.4, 0.5) is 5.69 Å². The molecule has 28 heavy (non-hydrogen) atoms. The molecule has 0 heterocycles. The van der Waals surface area contributed by atoms with Gasteiger partial charge in [0.1, 0.15) is 5.75 Å². The van der Waals surface area contributed by atoms with Crippen molar-refractivity contribution >= 4 is 13.5 Å². The van der Waals surface area contributed by atoms with Crippen molar-refractivity contribution in [1.29, 1.82) is 0 Å². The molecule has 7 nitrogen and oxygen atoms in total. The van der Waals surface area contributed by atoms with Crippen molar-refractivity contribution in [2.75, 3.05) is 0 Å². The van der Waals surface area contributed by atoms with Crippen LogP contribution in [-0.4, -0.2) is 4.92 Å². The fourth-order valence-corrected chi connectivity index (χ4v) is 3.48. The van der Waals surface area contributed by atoms with E-state index in [4.69, 9.17) is 13.6 Å². The minimum Gasteiger partial charge on any atom is -0.404 e. The standard InChI is InChI=1S/C20H18NO6P/c22-21(23)19-11-13-20(14-12-19)27-28(24,25-15-17-7-3-1-4-8-17)26-16-18-9-5-2-6-10-18/h1-14H,15-16H2. The van der Waals surface area contributed by atoms with Crippen molar-refractivity contribution < 1.29 is 23.1 Å². The van der Waals surface area contributed by atoms with Gasteiger partial charge in [0.15, 0.2) is 0 Å². The Balaban J connectivity index is 1.74. The van der Waals surface area contributed by atoms with Crippen LogP contribution in [0.5, 0.6) is 5.75 Å². The number of non-ortho nitro benzene ring substituents is 1. The fraction of sp³-hybridized carbons (Fsp3) is 0.100. The second-order valence-corrected chi connectivity index (χ2v) is 7.40. The Morgan fingerprint density at radius 2 is 1.21 bits per heavy atom. The van der Waals surface area contributed by atoms with E-state index in [1.165, 1.54) is 24.3 Å². The van der Waals surface area contributed by atoms with E-state index in [0.717, 1.165) is 11.1 Å². The fourth-order valence-electron chi connectivity index (χ4n) is 2.30. The van der Waals surface area contributed by atoms with Gasteiger partial charge in [0.2, 0.25) is 0 Å². The van der Waals surface area contributed by atoms with Crippen LogP contribution in [0.3, 0.4) is 0 Å². The molecule has 3 aromatic rings. The van der Waals surface area contributed by atoms with Gasteiger partial charge >= 0.3 is 7.82 Å².